The lowest BCUT2D eigenvalue weighted by Crippen LogP contribution is -2.86. The van der Waals surface area contributed by atoms with Crippen molar-refractivity contribution < 1.29 is 57.5 Å². The van der Waals surface area contributed by atoms with E-state index in [9.17, 15) is 29.4 Å². The molecule has 3 heterocycles. The molecule has 0 unspecified atom stereocenters. The number of esters is 2. The van der Waals surface area contributed by atoms with Crippen LogP contribution in [0.5, 0.6) is 0 Å². The van der Waals surface area contributed by atoms with Crippen LogP contribution in [0.2, 0.25) is 0 Å². The van der Waals surface area contributed by atoms with Crippen LogP contribution in [0.4, 0.5) is 0 Å². The fourth-order valence-corrected chi connectivity index (χ4v) is 8.80. The number of aliphatic hydroxyl groups is 2. The average molecular weight is 577 g/mol. The number of carbonyl (C=O) groups is 4. The summed E-state index contributed by atoms with van der Waals surface area (Å²) in [5, 5.41) is 25.2. The normalized spacial score (nSPS) is 46.2. The van der Waals surface area contributed by atoms with Crippen molar-refractivity contribution in [1.82, 2.24) is 0 Å². The van der Waals surface area contributed by atoms with E-state index in [4.69, 9.17) is 28.1 Å². The summed E-state index contributed by atoms with van der Waals surface area (Å²) in [5.74, 6) is -7.10. The maximum Gasteiger partial charge on any atom is 0.338 e. The Balaban J connectivity index is 1.87. The monoisotopic (exact) mass is 576 g/mol. The van der Waals surface area contributed by atoms with E-state index in [0.717, 1.165) is 20.3 Å². The third-order valence-electron chi connectivity index (χ3n) is 10.8. The van der Waals surface area contributed by atoms with E-state index >= 15 is 0 Å². The van der Waals surface area contributed by atoms with E-state index in [1.165, 1.54) is 66.4 Å². The van der Waals surface area contributed by atoms with Gasteiger partial charge in [0.25, 0.3) is 0 Å². The highest BCUT2D eigenvalue weighted by Crippen LogP contribution is 2.78. The third kappa shape index (κ3) is 2.97. The fourth-order valence-electron chi connectivity index (χ4n) is 8.80. The number of furan rings is 1. The molecule has 0 bridgehead atoms. The van der Waals surface area contributed by atoms with Crippen molar-refractivity contribution in [3.05, 3.63) is 36.3 Å². The van der Waals surface area contributed by atoms with Crippen LogP contribution in [-0.2, 0) is 38.1 Å². The Bertz CT molecular complexity index is 1350. The molecule has 1 aromatic heterocycles. The molecule has 4 aliphatic rings. The molecule has 0 amide bonds. The largest absolute Gasteiger partial charge is 0.472 e. The molecule has 5 rings (SSSR count). The van der Waals surface area contributed by atoms with Crippen LogP contribution in [0.15, 0.2) is 35.2 Å². The maximum absolute atomic E-state index is 14.8. The Morgan fingerprint density at radius 2 is 1.71 bits per heavy atom. The number of epoxide rings is 1. The Hall–Kier alpha value is -2.90. The summed E-state index contributed by atoms with van der Waals surface area (Å²) in [6.45, 7) is 7.33. The van der Waals surface area contributed by atoms with Crippen LogP contribution in [-0.4, -0.2) is 89.8 Å². The summed E-state index contributed by atoms with van der Waals surface area (Å²) >= 11 is 0. The molecule has 2 aliphatic heterocycles. The second-order valence-corrected chi connectivity index (χ2v) is 12.4. The van der Waals surface area contributed by atoms with Gasteiger partial charge in [-0.3, -0.25) is 9.59 Å². The molecule has 3 fully saturated rings. The van der Waals surface area contributed by atoms with Crippen LogP contribution < -0.4 is 0 Å². The van der Waals surface area contributed by atoms with Crippen LogP contribution in [0.1, 0.15) is 51.4 Å². The molecular formula is C29H36O12. The molecule has 1 saturated heterocycles. The first-order valence-electron chi connectivity index (χ1n) is 13.3. The zero-order valence-electron chi connectivity index (χ0n) is 24.3. The van der Waals surface area contributed by atoms with Crippen molar-refractivity contribution in [2.45, 2.75) is 75.8 Å². The van der Waals surface area contributed by atoms with Gasteiger partial charge in [0, 0.05) is 26.2 Å². The first kappa shape index (κ1) is 29.6. The van der Waals surface area contributed by atoms with Crippen LogP contribution in [0.3, 0.4) is 0 Å². The number of fused-ring (bicyclic) bond motifs is 2. The van der Waals surface area contributed by atoms with Gasteiger partial charge in [-0.2, -0.15) is 0 Å². The van der Waals surface area contributed by atoms with Gasteiger partial charge in [-0.05, 0) is 40.2 Å². The highest BCUT2D eigenvalue weighted by Gasteiger charge is 2.94. The van der Waals surface area contributed by atoms with Crippen LogP contribution in [0, 0.1) is 22.2 Å². The Morgan fingerprint density at radius 3 is 2.22 bits per heavy atom. The Labute approximate surface area is 236 Å². The van der Waals surface area contributed by atoms with Crippen molar-refractivity contribution in [3.8, 4) is 0 Å². The van der Waals surface area contributed by atoms with Crippen LogP contribution in [0.25, 0.3) is 0 Å². The van der Waals surface area contributed by atoms with Crippen molar-refractivity contribution >= 4 is 23.5 Å². The van der Waals surface area contributed by atoms with Gasteiger partial charge in [-0.1, -0.05) is 13.0 Å². The number of rotatable bonds is 5. The number of ether oxygens (including phenoxy) is 5. The predicted molar refractivity (Wildman–Crippen MR) is 137 cm³/mol. The SMILES string of the molecule is COC(=O)[C@H]1O[C@]12[C@@]1(C)[C@H](C[C@@H](OC)[C@@]2(C)C(=O)c2ccoc2)[C@](C)(O)[C@@]2(C=CC(=O)OC2(C)C)C(=O)[C@@]1(O)OC. The lowest BCUT2D eigenvalue weighted by molar-refractivity contribution is -0.356. The van der Waals surface area contributed by atoms with Gasteiger partial charge >= 0.3 is 11.9 Å². The highest BCUT2D eigenvalue weighted by molar-refractivity contribution is 6.05. The second-order valence-electron chi connectivity index (χ2n) is 12.4. The van der Waals surface area contributed by atoms with E-state index in [0.29, 0.717) is 0 Å². The van der Waals surface area contributed by atoms with Gasteiger partial charge in [0.05, 0.1) is 41.5 Å². The fraction of sp³-hybridized carbons (Fsp3) is 0.655. The summed E-state index contributed by atoms with van der Waals surface area (Å²) in [4.78, 5) is 54.6. The number of methoxy groups -OCH3 is 3. The molecule has 9 atom stereocenters. The standard InChI is InChI=1S/C29H36O12/c1-23(2)27(11-9-18(30)40-23)22(33)29(35,38-8)25(4)16(26(27,5)34)13-17(36-6)24(3,19(31)15-10-12-39-14-15)28(25)20(41-28)21(32)37-7/h9-12,14,16-17,20,34-35H,13H2,1-8H3/t16-,17+,20+,24-,25+,26-,27-,28+,29+/m0/s1. The molecule has 0 aromatic carbocycles. The predicted octanol–water partition coefficient (Wildman–Crippen LogP) is 1.37. The highest BCUT2D eigenvalue weighted by atomic mass is 16.7. The second kappa shape index (κ2) is 8.57. The summed E-state index contributed by atoms with van der Waals surface area (Å²) in [5.41, 5.74) is -11.3. The topological polar surface area (TPSA) is 171 Å². The molecule has 12 heteroatoms. The van der Waals surface area contributed by atoms with E-state index in [-0.39, 0.29) is 12.0 Å². The van der Waals surface area contributed by atoms with Gasteiger partial charge in [0.1, 0.15) is 22.9 Å². The average Bonchev–Trinajstić information content (AvgIpc) is 3.45. The number of ketones is 2. The van der Waals surface area contributed by atoms with Gasteiger partial charge < -0.3 is 38.3 Å². The molecule has 2 aliphatic carbocycles. The van der Waals surface area contributed by atoms with Crippen LogP contribution >= 0.6 is 0 Å². The first-order chi connectivity index (χ1) is 19.0. The Kier molecular flexibility index (Phi) is 6.19. The number of cyclic esters (lactones) is 1. The quantitative estimate of drug-likeness (QED) is 0.224. The number of Topliss-reactive ketones (excluding diaryl/α,β-unsaturated/α-hetero) is 2. The molecule has 0 radical (unpaired) electrons. The van der Waals surface area contributed by atoms with Gasteiger partial charge in [0.2, 0.25) is 11.6 Å². The van der Waals surface area contributed by atoms with Gasteiger partial charge in [-0.25, -0.2) is 9.59 Å². The van der Waals surface area contributed by atoms with Crippen molar-refractivity contribution in [2.75, 3.05) is 21.3 Å². The zero-order valence-corrected chi connectivity index (χ0v) is 24.3. The molecule has 2 N–H and O–H groups in total. The molecule has 41 heavy (non-hydrogen) atoms. The van der Waals surface area contributed by atoms with E-state index in [1.54, 1.807) is 0 Å². The summed E-state index contributed by atoms with van der Waals surface area (Å²) in [6, 6.07) is 1.45. The molecule has 1 aromatic rings. The maximum atomic E-state index is 14.8. The summed E-state index contributed by atoms with van der Waals surface area (Å²) in [7, 11) is 3.64. The first-order valence-corrected chi connectivity index (χ1v) is 13.3. The minimum Gasteiger partial charge on any atom is -0.472 e. The summed E-state index contributed by atoms with van der Waals surface area (Å²) in [6.07, 6.45) is 2.25. The molecular weight excluding hydrogens is 540 g/mol. The van der Waals surface area contributed by atoms with Gasteiger partial charge in [0.15, 0.2) is 11.9 Å². The molecule has 12 nitrogen and oxygen atoms in total. The lowest BCUT2D eigenvalue weighted by Gasteiger charge is -2.70. The number of hydrogen-bond acceptors (Lipinski definition) is 12. The summed E-state index contributed by atoms with van der Waals surface area (Å²) < 4.78 is 33.6. The number of hydrogen-bond donors (Lipinski definition) is 2. The third-order valence-corrected chi connectivity index (χ3v) is 10.8. The van der Waals surface area contributed by atoms with Crippen molar-refractivity contribution in [3.63, 3.8) is 0 Å². The van der Waals surface area contributed by atoms with Crippen molar-refractivity contribution in [2.24, 2.45) is 22.2 Å². The van der Waals surface area contributed by atoms with E-state index < -0.39 is 80.5 Å². The van der Waals surface area contributed by atoms with Crippen molar-refractivity contribution in [1.29, 1.82) is 0 Å². The minimum absolute atomic E-state index is 0.0995. The Morgan fingerprint density at radius 1 is 1.05 bits per heavy atom. The molecule has 2 saturated carbocycles. The van der Waals surface area contributed by atoms with E-state index in [1.807, 2.05) is 0 Å². The lowest BCUT2D eigenvalue weighted by atomic mass is 9.35. The zero-order chi connectivity index (χ0) is 30.6. The minimum atomic E-state index is -2.79. The smallest absolute Gasteiger partial charge is 0.338 e. The van der Waals surface area contributed by atoms with E-state index in [2.05, 4.69) is 0 Å². The molecule has 2 spiro atoms. The molecule has 224 valence electrons. The number of carbonyl (C=O) groups excluding carboxylic acids is 4. The van der Waals surface area contributed by atoms with Gasteiger partial charge in [-0.15, -0.1) is 0 Å².